The number of nitrogens with zero attached hydrogens (tertiary/aromatic N) is 1. The quantitative estimate of drug-likeness (QED) is 0.799. The van der Waals surface area contributed by atoms with Gasteiger partial charge in [0.25, 0.3) is 5.91 Å². The number of carbonyl (C=O) groups is 1. The fourth-order valence-electron chi connectivity index (χ4n) is 2.54. The lowest BCUT2D eigenvalue weighted by molar-refractivity contribution is 0.0949. The van der Waals surface area contributed by atoms with Gasteiger partial charge in [-0.2, -0.15) is 11.8 Å². The first kappa shape index (κ1) is 15.6. The van der Waals surface area contributed by atoms with Crippen molar-refractivity contribution in [1.29, 1.82) is 0 Å². The molecular formula is C15H19N3O2S2. The molecule has 1 amide bonds. The Labute approximate surface area is 137 Å². The van der Waals surface area contributed by atoms with Gasteiger partial charge >= 0.3 is 0 Å². The van der Waals surface area contributed by atoms with Crippen LogP contribution in [-0.2, 0) is 12.2 Å². The third kappa shape index (κ3) is 2.80. The van der Waals surface area contributed by atoms with Gasteiger partial charge in [-0.3, -0.25) is 4.79 Å². The molecule has 0 radical (unpaired) electrons. The molecule has 0 spiro atoms. The van der Waals surface area contributed by atoms with Gasteiger partial charge in [-0.1, -0.05) is 13.8 Å². The smallest absolute Gasteiger partial charge is 0.263 e. The number of hydrogen-bond acceptors (Lipinski definition) is 6. The number of rotatable bonds is 3. The molecule has 0 fully saturated rings. The van der Waals surface area contributed by atoms with Gasteiger partial charge in [-0.05, 0) is 11.6 Å². The molecule has 0 unspecified atom stereocenters. The van der Waals surface area contributed by atoms with E-state index in [1.54, 1.807) is 0 Å². The van der Waals surface area contributed by atoms with Gasteiger partial charge in [0.1, 0.15) is 9.71 Å². The Bertz CT molecular complexity index is 740. The molecule has 118 valence electrons. The minimum Gasteiger partial charge on any atom is -0.397 e. The molecule has 0 aliphatic carbocycles. The Morgan fingerprint density at radius 2 is 2.32 bits per heavy atom. The molecule has 0 saturated heterocycles. The van der Waals surface area contributed by atoms with Crippen molar-refractivity contribution in [1.82, 2.24) is 10.3 Å². The minimum absolute atomic E-state index is 0.0879. The fourth-order valence-corrected chi connectivity index (χ4v) is 4.59. The number of pyridine rings is 1. The summed E-state index contributed by atoms with van der Waals surface area (Å²) in [6.07, 6.45) is 0.923. The summed E-state index contributed by atoms with van der Waals surface area (Å²) in [4.78, 5) is 18.1. The second kappa shape index (κ2) is 5.72. The second-order valence-electron chi connectivity index (χ2n) is 6.00. The number of nitrogens with one attached hydrogen (secondary N) is 1. The lowest BCUT2D eigenvalue weighted by atomic mass is 10.0. The summed E-state index contributed by atoms with van der Waals surface area (Å²) in [7, 11) is 0. The van der Waals surface area contributed by atoms with Crippen LogP contribution in [0.3, 0.4) is 0 Å². The zero-order chi connectivity index (χ0) is 15.9. The number of thiophene rings is 1. The van der Waals surface area contributed by atoms with Crippen molar-refractivity contribution < 1.29 is 9.90 Å². The molecule has 3 rings (SSSR count). The molecule has 5 nitrogen and oxygen atoms in total. The topological polar surface area (TPSA) is 88.2 Å². The predicted molar refractivity (Wildman–Crippen MR) is 92.5 cm³/mol. The molecule has 2 aromatic rings. The number of nitrogens with two attached hydrogens (primary N) is 1. The first-order valence-electron chi connectivity index (χ1n) is 7.15. The van der Waals surface area contributed by atoms with Gasteiger partial charge < -0.3 is 16.2 Å². The average molecular weight is 337 g/mol. The summed E-state index contributed by atoms with van der Waals surface area (Å²) in [5, 5.41) is 12.3. The molecule has 0 aromatic carbocycles. The van der Waals surface area contributed by atoms with Crippen molar-refractivity contribution in [2.45, 2.75) is 30.8 Å². The number of hydrogen-bond donors (Lipinski definition) is 3. The summed E-state index contributed by atoms with van der Waals surface area (Å²) >= 11 is 3.24. The first-order chi connectivity index (χ1) is 10.4. The molecule has 22 heavy (non-hydrogen) atoms. The van der Waals surface area contributed by atoms with E-state index in [4.69, 9.17) is 15.8 Å². The van der Waals surface area contributed by atoms with Gasteiger partial charge in [0.15, 0.2) is 0 Å². The third-order valence-electron chi connectivity index (χ3n) is 3.70. The predicted octanol–water partition coefficient (Wildman–Crippen LogP) is 2.17. The Balaban J connectivity index is 2.02. The van der Waals surface area contributed by atoms with Crippen molar-refractivity contribution in [3.63, 3.8) is 0 Å². The van der Waals surface area contributed by atoms with Crippen LogP contribution in [0.1, 0.15) is 34.8 Å². The summed E-state index contributed by atoms with van der Waals surface area (Å²) in [5.74, 6) is 0.675. The monoisotopic (exact) mass is 337 g/mol. The third-order valence-corrected chi connectivity index (χ3v) is 6.20. The number of thioether (sulfide) groups is 1. The van der Waals surface area contributed by atoms with Crippen LogP contribution in [0.2, 0.25) is 0 Å². The highest BCUT2D eigenvalue weighted by Gasteiger charge is 2.28. The van der Waals surface area contributed by atoms with Crippen LogP contribution in [0.5, 0.6) is 0 Å². The normalized spacial score (nSPS) is 16.5. The van der Waals surface area contributed by atoms with Crippen LogP contribution in [0.4, 0.5) is 5.69 Å². The van der Waals surface area contributed by atoms with Crippen LogP contribution in [-0.4, -0.2) is 33.9 Å². The molecule has 2 aromatic heterocycles. The molecule has 1 aliphatic rings. The maximum Gasteiger partial charge on any atom is 0.263 e. The highest BCUT2D eigenvalue weighted by Crippen LogP contribution is 2.41. The maximum atomic E-state index is 12.1. The van der Waals surface area contributed by atoms with Gasteiger partial charge in [0, 0.05) is 34.5 Å². The summed E-state index contributed by atoms with van der Waals surface area (Å²) in [5.41, 5.74) is 8.95. The zero-order valence-electron chi connectivity index (χ0n) is 12.6. The van der Waals surface area contributed by atoms with Crippen LogP contribution >= 0.6 is 23.1 Å². The van der Waals surface area contributed by atoms with Crippen molar-refractivity contribution in [2.24, 2.45) is 0 Å². The molecule has 4 N–H and O–H groups in total. The van der Waals surface area contributed by atoms with Gasteiger partial charge in [-0.15, -0.1) is 11.3 Å². The van der Waals surface area contributed by atoms with E-state index in [1.807, 2.05) is 11.8 Å². The van der Waals surface area contributed by atoms with E-state index in [9.17, 15) is 4.79 Å². The van der Waals surface area contributed by atoms with Gasteiger partial charge in [0.2, 0.25) is 0 Å². The summed E-state index contributed by atoms with van der Waals surface area (Å²) in [6, 6.07) is 2.08. The van der Waals surface area contributed by atoms with E-state index in [0.29, 0.717) is 10.6 Å². The highest BCUT2D eigenvalue weighted by molar-refractivity contribution is 7.99. The number of nitrogen functional groups attached to an aromatic ring is 1. The molecule has 0 saturated carbocycles. The van der Waals surface area contributed by atoms with Crippen molar-refractivity contribution in [3.05, 3.63) is 22.2 Å². The van der Waals surface area contributed by atoms with E-state index in [-0.39, 0.29) is 23.8 Å². The molecule has 0 atom stereocenters. The molecule has 7 heteroatoms. The zero-order valence-corrected chi connectivity index (χ0v) is 14.2. The molecule has 3 heterocycles. The SMILES string of the molecule is CC1(C)Cc2nc3sc(C(=O)NCCO)c(N)c3cc2CS1. The molecular weight excluding hydrogens is 318 g/mol. The first-order valence-corrected chi connectivity index (χ1v) is 8.95. The van der Waals surface area contributed by atoms with E-state index in [0.717, 1.165) is 28.1 Å². The number of fused-ring (bicyclic) bond motifs is 2. The minimum atomic E-state index is -0.248. The van der Waals surface area contributed by atoms with Gasteiger partial charge in [0.05, 0.1) is 12.3 Å². The number of amides is 1. The van der Waals surface area contributed by atoms with Crippen LogP contribution in [0, 0.1) is 0 Å². The van der Waals surface area contributed by atoms with Crippen molar-refractivity contribution in [3.8, 4) is 0 Å². The molecule has 0 bridgehead atoms. The standard InChI is InChI=1S/C15H19N3O2S2/c1-15(2)6-10-8(7-21-15)5-9-11(16)12(22-14(9)18-10)13(20)17-3-4-19/h5,19H,3-4,6-7,16H2,1-2H3,(H,17,20). The highest BCUT2D eigenvalue weighted by atomic mass is 32.2. The number of anilines is 1. The van der Waals surface area contributed by atoms with Gasteiger partial charge in [-0.25, -0.2) is 4.98 Å². The van der Waals surface area contributed by atoms with Crippen molar-refractivity contribution >= 4 is 44.9 Å². The largest absolute Gasteiger partial charge is 0.397 e. The van der Waals surface area contributed by atoms with E-state index in [2.05, 4.69) is 25.2 Å². The van der Waals surface area contributed by atoms with Crippen molar-refractivity contribution in [2.75, 3.05) is 18.9 Å². The number of aromatic nitrogens is 1. The lowest BCUT2D eigenvalue weighted by Crippen LogP contribution is -2.26. The lowest BCUT2D eigenvalue weighted by Gasteiger charge is -2.29. The van der Waals surface area contributed by atoms with Crippen LogP contribution < -0.4 is 11.1 Å². The summed E-state index contributed by atoms with van der Waals surface area (Å²) < 4.78 is 0.192. The fraction of sp³-hybridized carbons (Fsp3) is 0.467. The average Bonchev–Trinajstić information content (AvgIpc) is 2.78. The van der Waals surface area contributed by atoms with Crippen LogP contribution in [0.15, 0.2) is 6.07 Å². The Morgan fingerprint density at radius 1 is 1.55 bits per heavy atom. The van der Waals surface area contributed by atoms with E-state index >= 15 is 0 Å². The Kier molecular flexibility index (Phi) is 4.05. The van der Waals surface area contributed by atoms with Crippen LogP contribution in [0.25, 0.3) is 10.2 Å². The second-order valence-corrected chi connectivity index (χ2v) is 8.68. The Morgan fingerprint density at radius 3 is 3.05 bits per heavy atom. The Hall–Kier alpha value is -1.31. The maximum absolute atomic E-state index is 12.1. The van der Waals surface area contributed by atoms with E-state index < -0.39 is 0 Å². The number of aliphatic hydroxyl groups is 1. The number of carbonyl (C=O) groups excluding carboxylic acids is 1. The van der Waals surface area contributed by atoms with E-state index in [1.165, 1.54) is 16.9 Å². The number of aliphatic hydroxyl groups excluding tert-OH is 1. The molecule has 1 aliphatic heterocycles. The summed E-state index contributed by atoms with van der Waals surface area (Å²) in [6.45, 7) is 4.59.